The highest BCUT2D eigenvalue weighted by Gasteiger charge is 2.42. The Hall–Kier alpha value is -6.12. The molecule has 6 aromatic rings. The third kappa shape index (κ3) is 6.14. The van der Waals surface area contributed by atoms with E-state index in [0.29, 0.717) is 83.7 Å². The van der Waals surface area contributed by atoms with Gasteiger partial charge in [0.25, 0.3) is 0 Å². The lowest BCUT2D eigenvalue weighted by atomic mass is 9.99. The summed E-state index contributed by atoms with van der Waals surface area (Å²) in [6.07, 6.45) is 1.46. The number of aromatic nitrogens is 7. The zero-order valence-electron chi connectivity index (χ0n) is 30.8. The van der Waals surface area contributed by atoms with Crippen LogP contribution in [0.5, 0.6) is 0 Å². The van der Waals surface area contributed by atoms with Crippen LogP contribution >= 0.6 is 0 Å². The predicted octanol–water partition coefficient (Wildman–Crippen LogP) is 4.42. The number of carbonyl (C=O) groups excluding carboxylic acids is 1. The number of likely N-dealkylation sites (tertiary alicyclic amines) is 1. The van der Waals surface area contributed by atoms with Crippen LogP contribution in [0.1, 0.15) is 24.0 Å². The van der Waals surface area contributed by atoms with Gasteiger partial charge in [0.1, 0.15) is 46.6 Å². The van der Waals surface area contributed by atoms with Gasteiger partial charge >= 0.3 is 0 Å². The number of halogens is 3. The van der Waals surface area contributed by atoms with Crippen LogP contribution in [0.4, 0.5) is 24.8 Å². The number of methoxy groups -OCH3 is 1. The average molecular weight is 763 g/mol. The van der Waals surface area contributed by atoms with E-state index in [9.17, 15) is 14.4 Å². The lowest BCUT2D eigenvalue weighted by molar-refractivity contribution is -0.132. The molecule has 14 nitrogen and oxygen atoms in total. The number of hydrogen-bond donors (Lipinski definition) is 1. The number of likely N-dealkylation sites (N-methyl/N-ethyl adjacent to an activating group) is 1. The summed E-state index contributed by atoms with van der Waals surface area (Å²) in [4.78, 5) is 39.8. The summed E-state index contributed by atoms with van der Waals surface area (Å²) in [7, 11) is 3.34. The number of rotatable bonds is 5. The molecular weight excluding hydrogens is 726 g/mol. The quantitative estimate of drug-likeness (QED) is 0.249. The van der Waals surface area contributed by atoms with Crippen molar-refractivity contribution in [3.8, 4) is 23.0 Å². The van der Waals surface area contributed by atoms with Crippen molar-refractivity contribution in [2.45, 2.75) is 44.0 Å². The number of carbonyl (C=O) groups is 1. The molecular formula is C39H37F3N12O2. The van der Waals surface area contributed by atoms with E-state index in [1.165, 1.54) is 29.1 Å². The first-order valence-electron chi connectivity index (χ1n) is 18.3. The van der Waals surface area contributed by atoms with Gasteiger partial charge < -0.3 is 24.4 Å². The van der Waals surface area contributed by atoms with Gasteiger partial charge in [-0.15, -0.1) is 0 Å². The second-order valence-corrected chi connectivity index (χ2v) is 14.7. The molecule has 7 heterocycles. The number of amides is 1. The second kappa shape index (κ2) is 13.9. The molecule has 2 aromatic carbocycles. The van der Waals surface area contributed by atoms with Crippen molar-refractivity contribution >= 4 is 39.6 Å². The maximum absolute atomic E-state index is 15.2. The summed E-state index contributed by atoms with van der Waals surface area (Å²) in [5, 5.41) is 17.8. The summed E-state index contributed by atoms with van der Waals surface area (Å²) in [6.45, 7) is 4.11. The molecule has 2 saturated heterocycles. The predicted molar refractivity (Wildman–Crippen MR) is 201 cm³/mol. The molecule has 0 saturated carbocycles. The number of fused-ring (bicyclic) bond motifs is 6. The molecule has 3 aliphatic heterocycles. The Kier molecular flexibility index (Phi) is 8.81. The lowest BCUT2D eigenvalue weighted by Gasteiger charge is -2.37. The van der Waals surface area contributed by atoms with Crippen LogP contribution in [0.2, 0.25) is 0 Å². The summed E-state index contributed by atoms with van der Waals surface area (Å²) in [5.41, 5.74) is 2.66. The van der Waals surface area contributed by atoms with E-state index < -0.39 is 29.6 Å². The van der Waals surface area contributed by atoms with Crippen LogP contribution in [-0.2, 0) is 16.1 Å². The number of anilines is 2. The Morgan fingerprint density at radius 2 is 1.82 bits per heavy atom. The molecule has 17 heteroatoms. The third-order valence-corrected chi connectivity index (χ3v) is 11.0. The fraction of sp³-hybridized carbons (Fsp3) is 0.359. The first-order valence-corrected chi connectivity index (χ1v) is 18.3. The average Bonchev–Trinajstić information content (AvgIpc) is 3.86. The van der Waals surface area contributed by atoms with Gasteiger partial charge in [0, 0.05) is 70.0 Å². The fourth-order valence-electron chi connectivity index (χ4n) is 8.21. The summed E-state index contributed by atoms with van der Waals surface area (Å²) in [5.74, 6) is -0.154. The number of imidazole rings is 1. The molecule has 2 fully saturated rings. The largest absolute Gasteiger partial charge is 0.378 e. The number of pyridine rings is 1. The van der Waals surface area contributed by atoms with Gasteiger partial charge in [0.2, 0.25) is 5.91 Å². The zero-order chi connectivity index (χ0) is 38.8. The van der Waals surface area contributed by atoms with Gasteiger partial charge in [0.05, 0.1) is 53.6 Å². The van der Waals surface area contributed by atoms with Crippen molar-refractivity contribution in [2.75, 3.05) is 57.1 Å². The number of nitriles is 1. The minimum atomic E-state index is -0.812. The molecule has 56 heavy (non-hydrogen) atoms. The van der Waals surface area contributed by atoms with Gasteiger partial charge in [-0.3, -0.25) is 9.69 Å². The number of aryl methyl sites for hydroxylation is 1. The Morgan fingerprint density at radius 1 is 0.982 bits per heavy atom. The molecule has 0 radical (unpaired) electrons. The highest BCUT2D eigenvalue weighted by atomic mass is 19.1. The van der Waals surface area contributed by atoms with Crippen molar-refractivity contribution in [1.82, 2.24) is 44.1 Å². The minimum absolute atomic E-state index is 0.00917. The van der Waals surface area contributed by atoms with Crippen LogP contribution < -0.4 is 10.2 Å². The highest BCUT2D eigenvalue weighted by Crippen LogP contribution is 2.37. The molecule has 0 spiro atoms. The maximum Gasteiger partial charge on any atom is 0.245 e. The summed E-state index contributed by atoms with van der Waals surface area (Å²) >= 11 is 0. The van der Waals surface area contributed by atoms with Gasteiger partial charge in [-0.1, -0.05) is 6.07 Å². The van der Waals surface area contributed by atoms with Crippen LogP contribution in [0.15, 0.2) is 54.7 Å². The number of benzene rings is 2. The Morgan fingerprint density at radius 3 is 2.61 bits per heavy atom. The van der Waals surface area contributed by atoms with Crippen LogP contribution in [0, 0.1) is 35.7 Å². The highest BCUT2D eigenvalue weighted by molar-refractivity contribution is 5.94. The van der Waals surface area contributed by atoms with Gasteiger partial charge in [-0.2, -0.15) is 10.4 Å². The molecule has 286 valence electrons. The zero-order valence-corrected chi connectivity index (χ0v) is 30.8. The third-order valence-electron chi connectivity index (χ3n) is 11.0. The van der Waals surface area contributed by atoms with Crippen LogP contribution in [0.3, 0.4) is 0 Å². The van der Waals surface area contributed by atoms with E-state index >= 15 is 8.78 Å². The SMILES string of the molecule is CO[C@@H]1CN(C)C(=O)[C@@H]2C[C@@H](CN2c2nc(C3CN(CC#N)C3)nc3c2cnn3-c2ccc(F)cc2F)Nc2cccc(n2)-c2cc(F)cc3nc(C)n(c23)C1. The Labute approximate surface area is 319 Å². The van der Waals surface area contributed by atoms with E-state index in [4.69, 9.17) is 19.7 Å². The molecule has 9 rings (SSSR count). The topological polar surface area (TPSA) is 146 Å². The van der Waals surface area contributed by atoms with Crippen LogP contribution in [0.25, 0.3) is 39.0 Å². The number of nitrogens with one attached hydrogen (secondary N) is 1. The first-order chi connectivity index (χ1) is 27.1. The fourth-order valence-corrected chi connectivity index (χ4v) is 8.21. The lowest BCUT2D eigenvalue weighted by Crippen LogP contribution is -2.48. The van der Waals surface area contributed by atoms with E-state index in [2.05, 4.69) is 21.5 Å². The Balaban J connectivity index is 1.16. The first kappa shape index (κ1) is 35.6. The van der Waals surface area contributed by atoms with Crippen LogP contribution in [-0.4, -0.2) is 115 Å². The molecule has 0 unspecified atom stereocenters. The molecule has 0 aliphatic carbocycles. The normalized spacial score (nSPS) is 20.5. The molecule has 1 N–H and O–H groups in total. The molecule has 3 atom stereocenters. The monoisotopic (exact) mass is 762 g/mol. The number of hydrogen-bond acceptors (Lipinski definition) is 11. The Bertz CT molecular complexity index is 2560. The van der Waals surface area contributed by atoms with E-state index in [-0.39, 0.29) is 36.6 Å². The standard InChI is InChI=1S/C39H37F3N12O2/c1-21-45-31-13-24(41)11-27-30-5-4-6-34(47-30)46-25-14-33(39(55)50(2)19-26(56-3)20-52(21)35(27)31)53(18-25)37-28-15-44-54(32-8-7-23(40)12-29(32)42)38(28)49-36(48-37)22-16-51(17-22)10-9-43/h4-8,11-13,15,22,25-26,33H,10,14,16-20H2,1-3H3,(H,46,47)/t25-,26+,33-/m0/s1. The minimum Gasteiger partial charge on any atom is -0.378 e. The summed E-state index contributed by atoms with van der Waals surface area (Å²) in [6, 6.07) is 12.8. The van der Waals surface area contributed by atoms with Crippen molar-refractivity contribution in [3.63, 3.8) is 0 Å². The molecule has 1 amide bonds. The van der Waals surface area contributed by atoms with Gasteiger partial charge in [-0.25, -0.2) is 37.8 Å². The van der Waals surface area contributed by atoms with E-state index in [0.717, 1.165) is 17.6 Å². The van der Waals surface area contributed by atoms with Gasteiger partial charge in [0.15, 0.2) is 11.5 Å². The van der Waals surface area contributed by atoms with Crippen molar-refractivity contribution in [2.24, 2.45) is 0 Å². The summed E-state index contributed by atoms with van der Waals surface area (Å²) < 4.78 is 53.5. The molecule has 4 aromatic heterocycles. The molecule has 4 bridgehead atoms. The smallest absolute Gasteiger partial charge is 0.245 e. The van der Waals surface area contributed by atoms with Gasteiger partial charge in [-0.05, 0) is 43.7 Å². The maximum atomic E-state index is 15.2. The number of nitrogens with zero attached hydrogens (tertiary/aromatic N) is 11. The van der Waals surface area contributed by atoms with Crippen molar-refractivity contribution in [1.29, 1.82) is 5.26 Å². The van der Waals surface area contributed by atoms with Crippen molar-refractivity contribution < 1.29 is 22.7 Å². The second-order valence-electron chi connectivity index (χ2n) is 14.7. The van der Waals surface area contributed by atoms with E-state index in [1.54, 1.807) is 19.1 Å². The number of ether oxygens (including phenoxy) is 1. The van der Waals surface area contributed by atoms with E-state index in [1.807, 2.05) is 39.5 Å². The van der Waals surface area contributed by atoms with Crippen molar-refractivity contribution in [3.05, 3.63) is 83.8 Å². The molecule has 3 aliphatic rings.